The van der Waals surface area contributed by atoms with Gasteiger partial charge in [-0.2, -0.15) is 0 Å². The molecule has 1 aromatic heterocycles. The summed E-state index contributed by atoms with van der Waals surface area (Å²) in [6.07, 6.45) is 0. The summed E-state index contributed by atoms with van der Waals surface area (Å²) in [5.74, 6) is -1.52. The van der Waals surface area contributed by atoms with E-state index < -0.39 is 21.8 Å². The van der Waals surface area contributed by atoms with Crippen LogP contribution in [0.15, 0.2) is 64.2 Å². The number of carbonyl (C=O) groups excluding carboxylic acids is 2. The average molecular weight is 553 g/mol. The van der Waals surface area contributed by atoms with Gasteiger partial charge in [0.05, 0.1) is 10.6 Å². The standard InChI is InChI=1S/C22H16Cl3N5O4S/c1-11-7-12(2)27-22(26-11)29-35(33,34)17-5-3-15(4-6-17)28-19-18(25)20(31)30(21(19)32)16-9-13(23)8-14(24)10-16/h3-10,28H,1-2H3,(H,26,27,29). The third-order valence-electron chi connectivity index (χ3n) is 4.77. The molecule has 0 fully saturated rings. The first-order valence-electron chi connectivity index (χ1n) is 9.91. The lowest BCUT2D eigenvalue weighted by Gasteiger charge is -2.16. The molecule has 0 aliphatic carbocycles. The number of imide groups is 1. The fraction of sp³-hybridized carbons (Fsp3) is 0.0909. The lowest BCUT2D eigenvalue weighted by molar-refractivity contribution is -0.120. The molecule has 2 N–H and O–H groups in total. The molecule has 0 atom stereocenters. The number of nitrogens with zero attached hydrogens (tertiary/aromatic N) is 3. The summed E-state index contributed by atoms with van der Waals surface area (Å²) in [5, 5.41) is 2.91. The molecule has 3 aromatic rings. The molecule has 180 valence electrons. The highest BCUT2D eigenvalue weighted by molar-refractivity contribution is 7.92. The van der Waals surface area contributed by atoms with Crippen LogP contribution in [0.1, 0.15) is 11.4 Å². The molecule has 4 rings (SSSR count). The molecule has 13 heteroatoms. The van der Waals surface area contributed by atoms with E-state index in [4.69, 9.17) is 34.8 Å². The van der Waals surface area contributed by atoms with Gasteiger partial charge in [0.25, 0.3) is 21.8 Å². The number of aromatic nitrogens is 2. The van der Waals surface area contributed by atoms with E-state index >= 15 is 0 Å². The van der Waals surface area contributed by atoms with Gasteiger partial charge in [-0.1, -0.05) is 34.8 Å². The minimum absolute atomic E-state index is 0.0436. The Kier molecular flexibility index (Phi) is 6.74. The van der Waals surface area contributed by atoms with E-state index in [1.54, 1.807) is 19.9 Å². The number of carbonyl (C=O) groups is 2. The molecule has 0 saturated carbocycles. The van der Waals surface area contributed by atoms with Crippen molar-refractivity contribution in [2.75, 3.05) is 14.9 Å². The zero-order valence-electron chi connectivity index (χ0n) is 18.1. The monoisotopic (exact) mass is 551 g/mol. The van der Waals surface area contributed by atoms with Crippen molar-refractivity contribution in [3.8, 4) is 0 Å². The summed E-state index contributed by atoms with van der Waals surface area (Å²) in [6.45, 7) is 3.45. The van der Waals surface area contributed by atoms with Crippen LogP contribution in [0.4, 0.5) is 17.3 Å². The second-order valence-electron chi connectivity index (χ2n) is 7.49. The van der Waals surface area contributed by atoms with E-state index in [2.05, 4.69) is 20.0 Å². The Morgan fingerprint density at radius 3 is 1.97 bits per heavy atom. The minimum atomic E-state index is -3.97. The fourth-order valence-electron chi connectivity index (χ4n) is 3.33. The van der Waals surface area contributed by atoms with E-state index in [1.165, 1.54) is 42.5 Å². The van der Waals surface area contributed by atoms with Crippen molar-refractivity contribution >= 4 is 74.0 Å². The Labute approximate surface area is 215 Å². The van der Waals surface area contributed by atoms with Crippen molar-refractivity contribution in [3.63, 3.8) is 0 Å². The maximum absolute atomic E-state index is 12.9. The zero-order valence-corrected chi connectivity index (χ0v) is 21.2. The second-order valence-corrected chi connectivity index (χ2v) is 10.4. The first-order valence-corrected chi connectivity index (χ1v) is 12.5. The molecule has 0 bridgehead atoms. The van der Waals surface area contributed by atoms with Crippen molar-refractivity contribution in [3.05, 3.63) is 80.7 Å². The van der Waals surface area contributed by atoms with Crippen molar-refractivity contribution in [1.29, 1.82) is 0 Å². The van der Waals surface area contributed by atoms with Crippen molar-refractivity contribution in [2.24, 2.45) is 0 Å². The summed E-state index contributed by atoms with van der Waals surface area (Å²) >= 11 is 18.1. The van der Waals surface area contributed by atoms with Crippen LogP contribution in [0.25, 0.3) is 0 Å². The zero-order chi connectivity index (χ0) is 25.5. The average Bonchev–Trinajstić information content (AvgIpc) is 2.95. The number of nitrogens with one attached hydrogen (secondary N) is 2. The summed E-state index contributed by atoms with van der Waals surface area (Å²) in [5.41, 5.74) is 1.54. The van der Waals surface area contributed by atoms with E-state index in [9.17, 15) is 18.0 Å². The Hall–Kier alpha value is -3.18. The maximum atomic E-state index is 12.9. The summed E-state index contributed by atoms with van der Waals surface area (Å²) in [7, 11) is -3.97. The molecule has 0 spiro atoms. The van der Waals surface area contributed by atoms with E-state index in [1.807, 2.05) is 0 Å². The number of benzene rings is 2. The van der Waals surface area contributed by atoms with Crippen LogP contribution in [0, 0.1) is 13.8 Å². The van der Waals surface area contributed by atoms with Crippen LogP contribution in [-0.4, -0.2) is 30.2 Å². The van der Waals surface area contributed by atoms with Crippen LogP contribution >= 0.6 is 34.8 Å². The molecular formula is C22H16Cl3N5O4S. The normalized spacial score (nSPS) is 14.0. The first kappa shape index (κ1) is 24.9. The van der Waals surface area contributed by atoms with E-state index in [0.717, 1.165) is 4.90 Å². The molecule has 35 heavy (non-hydrogen) atoms. The van der Waals surface area contributed by atoms with Gasteiger partial charge in [0.15, 0.2) is 0 Å². The van der Waals surface area contributed by atoms with Crippen LogP contribution in [0.3, 0.4) is 0 Å². The van der Waals surface area contributed by atoms with Crippen LogP contribution in [0.2, 0.25) is 10.0 Å². The van der Waals surface area contributed by atoms with Gasteiger partial charge in [-0.3, -0.25) is 9.59 Å². The predicted molar refractivity (Wildman–Crippen MR) is 134 cm³/mol. The van der Waals surface area contributed by atoms with Gasteiger partial charge in [0.1, 0.15) is 10.7 Å². The first-order chi connectivity index (χ1) is 16.4. The highest BCUT2D eigenvalue weighted by atomic mass is 35.5. The number of anilines is 3. The summed E-state index contributed by atoms with van der Waals surface area (Å²) in [6, 6.07) is 11.5. The number of hydrogen-bond donors (Lipinski definition) is 2. The molecule has 0 unspecified atom stereocenters. The molecule has 1 aliphatic rings. The van der Waals surface area contributed by atoms with Gasteiger partial charge >= 0.3 is 0 Å². The number of hydrogen-bond acceptors (Lipinski definition) is 7. The summed E-state index contributed by atoms with van der Waals surface area (Å²) < 4.78 is 27.8. The van der Waals surface area contributed by atoms with E-state index in [-0.39, 0.29) is 37.3 Å². The second kappa shape index (κ2) is 9.46. The van der Waals surface area contributed by atoms with Crippen LogP contribution in [0.5, 0.6) is 0 Å². The topological polar surface area (TPSA) is 121 Å². The number of sulfonamides is 1. The van der Waals surface area contributed by atoms with E-state index in [0.29, 0.717) is 17.1 Å². The maximum Gasteiger partial charge on any atom is 0.283 e. The molecule has 9 nitrogen and oxygen atoms in total. The van der Waals surface area contributed by atoms with Gasteiger partial charge in [0.2, 0.25) is 5.95 Å². The number of amides is 2. The third-order valence-corrected chi connectivity index (χ3v) is 6.91. The van der Waals surface area contributed by atoms with Gasteiger partial charge in [0, 0.05) is 27.1 Å². The smallest absolute Gasteiger partial charge is 0.283 e. The highest BCUT2D eigenvalue weighted by Crippen LogP contribution is 2.33. The minimum Gasteiger partial charge on any atom is -0.350 e. The Balaban J connectivity index is 1.54. The predicted octanol–water partition coefficient (Wildman–Crippen LogP) is 4.64. The SMILES string of the molecule is Cc1cc(C)nc(NS(=O)(=O)c2ccc(NC3=C(Cl)C(=O)N(c4cc(Cl)cc(Cl)c4)C3=O)cc2)n1. The Morgan fingerprint density at radius 1 is 0.829 bits per heavy atom. The number of rotatable bonds is 6. The third kappa shape index (κ3) is 5.25. The molecule has 0 saturated heterocycles. The molecule has 2 amide bonds. The number of aryl methyl sites for hydroxylation is 2. The molecular weight excluding hydrogens is 537 g/mol. The van der Waals surface area contributed by atoms with Gasteiger partial charge < -0.3 is 5.32 Å². The quantitative estimate of drug-likeness (QED) is 0.427. The molecule has 1 aliphatic heterocycles. The molecule has 0 radical (unpaired) electrons. The largest absolute Gasteiger partial charge is 0.350 e. The van der Waals surface area contributed by atoms with Crippen LogP contribution in [-0.2, 0) is 19.6 Å². The van der Waals surface area contributed by atoms with Crippen molar-refractivity contribution < 1.29 is 18.0 Å². The lowest BCUT2D eigenvalue weighted by Crippen LogP contribution is -2.32. The Bertz CT molecular complexity index is 1470. The van der Waals surface area contributed by atoms with Crippen LogP contribution < -0.4 is 14.9 Å². The summed E-state index contributed by atoms with van der Waals surface area (Å²) in [4.78, 5) is 34.5. The Morgan fingerprint density at radius 2 is 1.40 bits per heavy atom. The van der Waals surface area contributed by atoms with Gasteiger partial charge in [-0.25, -0.2) is 28.0 Å². The molecule has 2 heterocycles. The molecule has 2 aromatic carbocycles. The lowest BCUT2D eigenvalue weighted by atomic mass is 10.3. The fourth-order valence-corrected chi connectivity index (χ4v) is 5.00. The van der Waals surface area contributed by atoms with Gasteiger partial charge in [-0.15, -0.1) is 0 Å². The van der Waals surface area contributed by atoms with Crippen molar-refractivity contribution in [2.45, 2.75) is 18.7 Å². The number of halogens is 3. The van der Waals surface area contributed by atoms with Gasteiger partial charge in [-0.05, 0) is 62.4 Å². The highest BCUT2D eigenvalue weighted by Gasteiger charge is 2.39. The van der Waals surface area contributed by atoms with Crippen molar-refractivity contribution in [1.82, 2.24) is 9.97 Å².